The number of carbonyl (C=O) groups is 3. The summed E-state index contributed by atoms with van der Waals surface area (Å²) in [4.78, 5) is 36.2. The van der Waals surface area contributed by atoms with Gasteiger partial charge in [0.05, 0.1) is 12.2 Å². The Bertz CT molecular complexity index is 1100. The first-order valence-electron chi connectivity index (χ1n) is 9.01. The Morgan fingerprint density at radius 2 is 1.97 bits per heavy atom. The van der Waals surface area contributed by atoms with E-state index in [4.69, 9.17) is 14.4 Å². The van der Waals surface area contributed by atoms with E-state index < -0.39 is 17.8 Å². The molecule has 1 aliphatic rings. The van der Waals surface area contributed by atoms with Gasteiger partial charge in [-0.1, -0.05) is 25.1 Å². The molecule has 1 N–H and O–H groups in total. The van der Waals surface area contributed by atoms with Crippen molar-refractivity contribution < 1.29 is 23.5 Å². The molecule has 2 amide bonds. The number of hydrogen-bond donors (Lipinski definition) is 1. The number of hydrogen-bond acceptors (Lipinski definition) is 6. The van der Waals surface area contributed by atoms with Crippen LogP contribution in [0.1, 0.15) is 36.4 Å². The molecule has 1 aliphatic heterocycles. The van der Waals surface area contributed by atoms with Crippen molar-refractivity contribution in [1.82, 2.24) is 5.32 Å². The summed E-state index contributed by atoms with van der Waals surface area (Å²) in [5.41, 5.74) is 1.26. The standard InChI is InChI=1S/C22H18N2O5/c1-3-10-28-22(27)16-7-5-4-6-15(16)19-9-8-14(29-19)11-17-13(2)18(12-23)21(26)24-20(17)25/h4-9,11H,3,10H2,1-2H3,(H,24,25,26)/b17-11-. The summed E-state index contributed by atoms with van der Waals surface area (Å²) in [7, 11) is 0. The van der Waals surface area contributed by atoms with E-state index in [2.05, 4.69) is 5.32 Å². The van der Waals surface area contributed by atoms with Gasteiger partial charge in [0, 0.05) is 11.1 Å². The molecule has 1 aromatic carbocycles. The molecule has 0 unspecified atom stereocenters. The van der Waals surface area contributed by atoms with Gasteiger partial charge >= 0.3 is 5.97 Å². The SMILES string of the molecule is CCCOC(=O)c1ccccc1-c1ccc(/C=C2\C(=O)NC(=O)C(C#N)=C2C)o1. The van der Waals surface area contributed by atoms with Crippen LogP contribution in [0.4, 0.5) is 0 Å². The molecule has 0 saturated heterocycles. The normalized spacial score (nSPS) is 15.3. The van der Waals surface area contributed by atoms with Crippen molar-refractivity contribution in [2.75, 3.05) is 6.61 Å². The smallest absolute Gasteiger partial charge is 0.338 e. The maximum atomic E-state index is 12.3. The number of carbonyl (C=O) groups excluding carboxylic acids is 3. The minimum Gasteiger partial charge on any atom is -0.462 e. The fraction of sp³-hybridized carbons (Fsp3) is 0.182. The molecule has 0 aliphatic carbocycles. The summed E-state index contributed by atoms with van der Waals surface area (Å²) in [5.74, 6) is -0.996. The average Bonchev–Trinajstić information content (AvgIpc) is 3.18. The van der Waals surface area contributed by atoms with Crippen molar-refractivity contribution >= 4 is 23.9 Å². The highest BCUT2D eigenvalue weighted by Gasteiger charge is 2.28. The second kappa shape index (κ2) is 8.40. The highest BCUT2D eigenvalue weighted by molar-refractivity contribution is 6.19. The summed E-state index contributed by atoms with van der Waals surface area (Å²) in [6, 6.07) is 12.0. The third-order valence-electron chi connectivity index (χ3n) is 4.35. The van der Waals surface area contributed by atoms with E-state index in [0.29, 0.717) is 35.7 Å². The Hall–Kier alpha value is -3.92. The molecule has 3 rings (SSSR count). The fourth-order valence-corrected chi connectivity index (χ4v) is 2.88. The molecule has 146 valence electrons. The number of ether oxygens (including phenoxy) is 1. The second-order valence-corrected chi connectivity index (χ2v) is 6.34. The summed E-state index contributed by atoms with van der Waals surface area (Å²) in [6.07, 6.45) is 2.17. The van der Waals surface area contributed by atoms with E-state index in [1.165, 1.54) is 13.0 Å². The highest BCUT2D eigenvalue weighted by Crippen LogP contribution is 2.29. The second-order valence-electron chi connectivity index (χ2n) is 6.34. The number of furan rings is 1. The van der Waals surface area contributed by atoms with Crippen LogP contribution < -0.4 is 5.32 Å². The lowest BCUT2D eigenvalue weighted by molar-refractivity contribution is -0.126. The zero-order chi connectivity index (χ0) is 21.0. The number of amides is 2. The van der Waals surface area contributed by atoms with E-state index in [9.17, 15) is 14.4 Å². The lowest BCUT2D eigenvalue weighted by atomic mass is 9.96. The van der Waals surface area contributed by atoms with Crippen LogP contribution in [-0.2, 0) is 14.3 Å². The highest BCUT2D eigenvalue weighted by atomic mass is 16.5. The van der Waals surface area contributed by atoms with E-state index in [-0.39, 0.29) is 16.7 Å². The fourth-order valence-electron chi connectivity index (χ4n) is 2.88. The van der Waals surface area contributed by atoms with Gasteiger partial charge in [-0.15, -0.1) is 0 Å². The summed E-state index contributed by atoms with van der Waals surface area (Å²) in [6.45, 7) is 3.77. The average molecular weight is 390 g/mol. The number of benzene rings is 1. The predicted octanol–water partition coefficient (Wildman–Crippen LogP) is 3.39. The van der Waals surface area contributed by atoms with Gasteiger partial charge in [-0.3, -0.25) is 14.9 Å². The first-order chi connectivity index (χ1) is 14.0. The summed E-state index contributed by atoms with van der Waals surface area (Å²) < 4.78 is 11.0. The van der Waals surface area contributed by atoms with Crippen LogP contribution in [0.3, 0.4) is 0 Å². The number of nitrogens with zero attached hydrogens (tertiary/aromatic N) is 1. The van der Waals surface area contributed by atoms with Crippen molar-refractivity contribution in [3.05, 3.63) is 64.4 Å². The molecule has 7 nitrogen and oxygen atoms in total. The van der Waals surface area contributed by atoms with Gasteiger partial charge in [0.15, 0.2) is 0 Å². The lowest BCUT2D eigenvalue weighted by Crippen LogP contribution is -2.37. The topological polar surface area (TPSA) is 109 Å². The largest absolute Gasteiger partial charge is 0.462 e. The van der Waals surface area contributed by atoms with Crippen LogP contribution in [0.25, 0.3) is 17.4 Å². The van der Waals surface area contributed by atoms with Gasteiger partial charge < -0.3 is 9.15 Å². The minimum atomic E-state index is -0.716. The maximum Gasteiger partial charge on any atom is 0.338 e. The number of nitriles is 1. The molecule has 0 bridgehead atoms. The molecule has 0 radical (unpaired) electrons. The zero-order valence-electron chi connectivity index (χ0n) is 15.9. The van der Waals surface area contributed by atoms with Crippen molar-refractivity contribution in [2.45, 2.75) is 20.3 Å². The Morgan fingerprint density at radius 1 is 1.21 bits per heavy atom. The van der Waals surface area contributed by atoms with Crippen molar-refractivity contribution in [1.29, 1.82) is 5.26 Å². The Balaban J connectivity index is 1.97. The van der Waals surface area contributed by atoms with E-state index in [1.54, 1.807) is 42.5 Å². The van der Waals surface area contributed by atoms with Gasteiger partial charge in [0.2, 0.25) is 0 Å². The van der Waals surface area contributed by atoms with Gasteiger partial charge in [-0.2, -0.15) is 5.26 Å². The van der Waals surface area contributed by atoms with Crippen LogP contribution in [0.15, 0.2) is 57.5 Å². The van der Waals surface area contributed by atoms with Gasteiger partial charge in [-0.25, -0.2) is 4.79 Å². The minimum absolute atomic E-state index is 0.119. The van der Waals surface area contributed by atoms with Crippen molar-refractivity contribution in [3.8, 4) is 17.4 Å². The Labute approximate surface area is 167 Å². The van der Waals surface area contributed by atoms with Gasteiger partial charge in [0.1, 0.15) is 23.2 Å². The lowest BCUT2D eigenvalue weighted by Gasteiger charge is -2.15. The number of nitrogens with one attached hydrogen (secondary N) is 1. The van der Waals surface area contributed by atoms with Gasteiger partial charge in [0.25, 0.3) is 11.8 Å². The molecule has 0 fully saturated rings. The zero-order valence-corrected chi connectivity index (χ0v) is 15.9. The third kappa shape index (κ3) is 4.01. The molecule has 2 aromatic rings. The van der Waals surface area contributed by atoms with Gasteiger partial charge in [-0.05, 0) is 43.2 Å². The molecule has 2 heterocycles. The number of imide groups is 1. The monoisotopic (exact) mass is 390 g/mol. The molecule has 7 heteroatoms. The molecule has 1 aromatic heterocycles. The first-order valence-corrected chi connectivity index (χ1v) is 9.01. The molecule has 0 saturated carbocycles. The quantitative estimate of drug-likeness (QED) is 0.476. The Kier molecular flexibility index (Phi) is 5.74. The number of esters is 1. The summed E-state index contributed by atoms with van der Waals surface area (Å²) >= 11 is 0. The van der Waals surface area contributed by atoms with E-state index in [1.807, 2.05) is 6.92 Å². The van der Waals surface area contributed by atoms with E-state index in [0.717, 1.165) is 0 Å². The maximum absolute atomic E-state index is 12.3. The third-order valence-corrected chi connectivity index (χ3v) is 4.35. The van der Waals surface area contributed by atoms with Crippen LogP contribution in [0, 0.1) is 11.3 Å². The van der Waals surface area contributed by atoms with Crippen molar-refractivity contribution in [2.24, 2.45) is 0 Å². The predicted molar refractivity (Wildman–Crippen MR) is 104 cm³/mol. The molecule has 0 atom stereocenters. The summed E-state index contributed by atoms with van der Waals surface area (Å²) in [5, 5.41) is 11.3. The van der Waals surface area contributed by atoms with Crippen LogP contribution >= 0.6 is 0 Å². The number of rotatable bonds is 5. The molecule has 0 spiro atoms. The molecular weight excluding hydrogens is 372 g/mol. The van der Waals surface area contributed by atoms with E-state index >= 15 is 0 Å². The molecule has 29 heavy (non-hydrogen) atoms. The first kappa shape index (κ1) is 19.8. The van der Waals surface area contributed by atoms with Crippen LogP contribution in [0.2, 0.25) is 0 Å². The van der Waals surface area contributed by atoms with Crippen LogP contribution in [0.5, 0.6) is 0 Å². The molecular formula is C22H18N2O5. The Morgan fingerprint density at radius 3 is 2.69 bits per heavy atom. The van der Waals surface area contributed by atoms with Crippen LogP contribution in [-0.4, -0.2) is 24.4 Å². The van der Waals surface area contributed by atoms with Crippen molar-refractivity contribution in [3.63, 3.8) is 0 Å².